The molecule has 2 aliphatic rings. The SMILES string of the molecule is CCCCCC1CCC(CCc2ccc(-c3ccc(CCC4CCC(CCC)CC4)cc3)cc2)CC1. The summed E-state index contributed by atoms with van der Waals surface area (Å²) in [7, 11) is 0. The van der Waals surface area contributed by atoms with Crippen LogP contribution in [0.2, 0.25) is 0 Å². The fourth-order valence-corrected chi connectivity index (χ4v) is 7.18. The van der Waals surface area contributed by atoms with E-state index in [4.69, 9.17) is 0 Å². The van der Waals surface area contributed by atoms with E-state index in [0.717, 1.165) is 23.7 Å². The quantitative estimate of drug-likeness (QED) is 0.247. The Morgan fingerprint density at radius 3 is 1.22 bits per heavy atom. The molecule has 2 aliphatic carbocycles. The monoisotopic (exact) mass is 486 g/mol. The molecular formula is C36H54. The van der Waals surface area contributed by atoms with Gasteiger partial charge >= 0.3 is 0 Å². The molecule has 4 rings (SSSR count). The van der Waals surface area contributed by atoms with E-state index in [-0.39, 0.29) is 0 Å². The number of benzene rings is 2. The van der Waals surface area contributed by atoms with Crippen molar-refractivity contribution in [2.75, 3.05) is 0 Å². The van der Waals surface area contributed by atoms with Gasteiger partial charge < -0.3 is 0 Å². The van der Waals surface area contributed by atoms with Crippen molar-refractivity contribution >= 4 is 0 Å². The predicted molar refractivity (Wildman–Crippen MR) is 158 cm³/mol. The molecule has 0 radical (unpaired) electrons. The second kappa shape index (κ2) is 15.0. The Labute approximate surface area is 223 Å². The van der Waals surface area contributed by atoms with Crippen molar-refractivity contribution in [1.29, 1.82) is 0 Å². The predicted octanol–water partition coefficient (Wildman–Crippen LogP) is 11.2. The van der Waals surface area contributed by atoms with Gasteiger partial charge in [0, 0.05) is 0 Å². The third-order valence-corrected chi connectivity index (χ3v) is 9.77. The second-order valence-electron chi connectivity index (χ2n) is 12.5. The second-order valence-corrected chi connectivity index (χ2v) is 12.5. The van der Waals surface area contributed by atoms with E-state index in [1.54, 1.807) is 0 Å². The molecule has 0 aliphatic heterocycles. The van der Waals surface area contributed by atoms with Gasteiger partial charge in [0.2, 0.25) is 0 Å². The number of aryl methyl sites for hydroxylation is 2. The van der Waals surface area contributed by atoms with E-state index in [2.05, 4.69) is 62.4 Å². The zero-order chi connectivity index (χ0) is 25.0. The maximum atomic E-state index is 2.38. The molecule has 198 valence electrons. The van der Waals surface area contributed by atoms with Crippen LogP contribution in [0.25, 0.3) is 11.1 Å². The summed E-state index contributed by atoms with van der Waals surface area (Å²) >= 11 is 0. The molecule has 2 aromatic carbocycles. The van der Waals surface area contributed by atoms with Gasteiger partial charge in [0.15, 0.2) is 0 Å². The molecule has 36 heavy (non-hydrogen) atoms. The minimum atomic E-state index is 0.964. The van der Waals surface area contributed by atoms with E-state index in [1.807, 2.05) is 0 Å². The van der Waals surface area contributed by atoms with Gasteiger partial charge in [0.25, 0.3) is 0 Å². The summed E-state index contributed by atoms with van der Waals surface area (Å²) in [5, 5.41) is 0. The van der Waals surface area contributed by atoms with Crippen LogP contribution in [0.3, 0.4) is 0 Å². The third-order valence-electron chi connectivity index (χ3n) is 9.77. The lowest BCUT2D eigenvalue weighted by molar-refractivity contribution is 0.249. The van der Waals surface area contributed by atoms with Crippen LogP contribution in [0.1, 0.15) is 128 Å². The first kappa shape index (κ1) is 27.5. The number of hydrogen-bond acceptors (Lipinski definition) is 0. The lowest BCUT2D eigenvalue weighted by Crippen LogP contribution is -2.15. The first-order chi connectivity index (χ1) is 17.7. The largest absolute Gasteiger partial charge is 0.0654 e. The van der Waals surface area contributed by atoms with Crippen LogP contribution in [0.5, 0.6) is 0 Å². The van der Waals surface area contributed by atoms with Crippen LogP contribution in [-0.2, 0) is 12.8 Å². The number of unbranched alkanes of at least 4 members (excludes halogenated alkanes) is 2. The third kappa shape index (κ3) is 8.78. The maximum Gasteiger partial charge on any atom is -0.0184 e. The van der Waals surface area contributed by atoms with Crippen molar-refractivity contribution in [1.82, 2.24) is 0 Å². The van der Waals surface area contributed by atoms with E-state index in [1.165, 1.54) is 138 Å². The van der Waals surface area contributed by atoms with E-state index in [9.17, 15) is 0 Å². The van der Waals surface area contributed by atoms with Crippen LogP contribution in [0.4, 0.5) is 0 Å². The molecule has 0 nitrogen and oxygen atoms in total. The minimum absolute atomic E-state index is 0.964. The zero-order valence-corrected chi connectivity index (χ0v) is 23.7. The van der Waals surface area contributed by atoms with E-state index >= 15 is 0 Å². The van der Waals surface area contributed by atoms with Crippen LogP contribution >= 0.6 is 0 Å². The molecule has 0 heterocycles. The summed E-state index contributed by atoms with van der Waals surface area (Å²) in [4.78, 5) is 0. The van der Waals surface area contributed by atoms with Crippen LogP contribution in [0.15, 0.2) is 48.5 Å². The number of hydrogen-bond donors (Lipinski definition) is 0. The first-order valence-corrected chi connectivity index (χ1v) is 15.9. The van der Waals surface area contributed by atoms with Crippen molar-refractivity contribution in [2.24, 2.45) is 23.7 Å². The van der Waals surface area contributed by atoms with Crippen LogP contribution in [0, 0.1) is 23.7 Å². The van der Waals surface area contributed by atoms with Crippen molar-refractivity contribution < 1.29 is 0 Å². The zero-order valence-electron chi connectivity index (χ0n) is 23.7. The Bertz CT molecular complexity index is 829. The van der Waals surface area contributed by atoms with Crippen LogP contribution in [-0.4, -0.2) is 0 Å². The highest BCUT2D eigenvalue weighted by molar-refractivity contribution is 5.64. The maximum absolute atomic E-state index is 2.38. The lowest BCUT2D eigenvalue weighted by atomic mass is 9.78. The molecule has 0 bridgehead atoms. The van der Waals surface area contributed by atoms with Gasteiger partial charge in [0.05, 0.1) is 0 Å². The molecule has 0 heteroatoms. The Hall–Kier alpha value is -1.56. The van der Waals surface area contributed by atoms with Crippen molar-refractivity contribution in [3.8, 4) is 11.1 Å². The van der Waals surface area contributed by atoms with Crippen molar-refractivity contribution in [3.05, 3.63) is 59.7 Å². The molecule has 2 fully saturated rings. The smallest absolute Gasteiger partial charge is 0.0184 e. The van der Waals surface area contributed by atoms with Crippen molar-refractivity contribution in [2.45, 2.75) is 129 Å². The highest BCUT2D eigenvalue weighted by Crippen LogP contribution is 2.35. The molecule has 0 spiro atoms. The average Bonchev–Trinajstić information content (AvgIpc) is 2.93. The van der Waals surface area contributed by atoms with Gasteiger partial charge in [0.1, 0.15) is 0 Å². The van der Waals surface area contributed by atoms with E-state index < -0.39 is 0 Å². The standard InChI is InChI=1S/C36H54/c1-3-5-6-8-30-11-15-32(16-12-30)18-20-34-23-27-36(28-24-34)35-25-21-33(22-26-35)19-17-31-13-9-29(7-4-2)10-14-31/h21-32H,3-20H2,1-2H3. The van der Waals surface area contributed by atoms with Gasteiger partial charge in [-0.25, -0.2) is 0 Å². The molecule has 0 N–H and O–H groups in total. The summed E-state index contributed by atoms with van der Waals surface area (Å²) in [6.45, 7) is 4.66. The normalized spacial score (nSPS) is 24.6. The molecule has 2 aromatic rings. The molecule has 2 saturated carbocycles. The van der Waals surface area contributed by atoms with Gasteiger partial charge in [-0.05, 0) is 71.6 Å². The minimum Gasteiger partial charge on any atom is -0.0654 e. The fraction of sp³-hybridized carbons (Fsp3) is 0.667. The van der Waals surface area contributed by atoms with Gasteiger partial charge in [-0.1, -0.05) is 152 Å². The van der Waals surface area contributed by atoms with Gasteiger partial charge in [-0.15, -0.1) is 0 Å². The Morgan fingerprint density at radius 2 is 0.833 bits per heavy atom. The summed E-state index contributed by atoms with van der Waals surface area (Å²) in [6.07, 6.45) is 25.7. The van der Waals surface area contributed by atoms with Gasteiger partial charge in [-0.3, -0.25) is 0 Å². The molecule has 0 aromatic heterocycles. The highest BCUT2D eigenvalue weighted by Gasteiger charge is 2.21. The molecule has 0 amide bonds. The first-order valence-electron chi connectivity index (χ1n) is 15.9. The highest BCUT2D eigenvalue weighted by atomic mass is 14.3. The van der Waals surface area contributed by atoms with E-state index in [0.29, 0.717) is 0 Å². The molecular weight excluding hydrogens is 432 g/mol. The molecule has 0 atom stereocenters. The topological polar surface area (TPSA) is 0 Å². The number of rotatable bonds is 13. The van der Waals surface area contributed by atoms with Crippen molar-refractivity contribution in [3.63, 3.8) is 0 Å². The Balaban J connectivity index is 1.16. The summed E-state index contributed by atoms with van der Waals surface area (Å²) in [5.74, 6) is 3.98. The summed E-state index contributed by atoms with van der Waals surface area (Å²) in [5.41, 5.74) is 5.78. The summed E-state index contributed by atoms with van der Waals surface area (Å²) < 4.78 is 0. The Kier molecular flexibility index (Phi) is 11.4. The average molecular weight is 487 g/mol. The fourth-order valence-electron chi connectivity index (χ4n) is 7.18. The summed E-state index contributed by atoms with van der Waals surface area (Å²) in [6, 6.07) is 18.9. The Morgan fingerprint density at radius 1 is 0.444 bits per heavy atom. The lowest BCUT2D eigenvalue weighted by Gasteiger charge is -2.28. The van der Waals surface area contributed by atoms with Crippen LogP contribution < -0.4 is 0 Å². The molecule has 0 unspecified atom stereocenters. The molecule has 0 saturated heterocycles. The van der Waals surface area contributed by atoms with Gasteiger partial charge in [-0.2, -0.15) is 0 Å².